The Hall–Kier alpha value is -0.330. The maximum absolute atomic E-state index is 13.0. The Kier molecular flexibility index (Phi) is 4.14. The number of para-hydroxylation sites is 1. The molecule has 104 valence electrons. The lowest BCUT2D eigenvalue weighted by atomic mass is 10.2. The summed E-state index contributed by atoms with van der Waals surface area (Å²) in [5.74, 6) is 0. The smallest absolute Gasteiger partial charge is 0.357 e. The molecule has 1 unspecified atom stereocenters. The summed E-state index contributed by atoms with van der Waals surface area (Å²) in [6, 6.07) is 6.35. The summed E-state index contributed by atoms with van der Waals surface area (Å²) in [6.45, 7) is 0. The van der Waals surface area contributed by atoms with Gasteiger partial charge in [-0.25, -0.2) is 0 Å². The molecule has 1 N–H and O–H groups in total. The molecule has 0 radical (unpaired) electrons. The summed E-state index contributed by atoms with van der Waals surface area (Å²) in [5.41, 5.74) is -4.26. The van der Waals surface area contributed by atoms with Crippen molar-refractivity contribution >= 4 is 50.6 Å². The zero-order valence-electron chi connectivity index (χ0n) is 8.95. The molecule has 0 saturated carbocycles. The van der Waals surface area contributed by atoms with E-state index in [9.17, 15) is 17.7 Å². The minimum Gasteiger partial charge on any atom is -0.357 e. The monoisotopic (exact) mass is 350 g/mol. The number of rotatable bonds is 3. The van der Waals surface area contributed by atoms with Gasteiger partial charge in [0.15, 0.2) is 0 Å². The van der Waals surface area contributed by atoms with Crippen LogP contribution in [0.4, 0.5) is 13.2 Å². The second-order valence-electron chi connectivity index (χ2n) is 3.40. The molecule has 10 heteroatoms. The number of nitrogens with one attached hydrogen (secondary N) is 1. The summed E-state index contributed by atoms with van der Waals surface area (Å²) in [7, 11) is 0. The van der Waals surface area contributed by atoms with Gasteiger partial charge in [0.25, 0.3) is 0 Å². The fraction of sp³-hybridized carbons (Fsp3) is 0.111. The van der Waals surface area contributed by atoms with Gasteiger partial charge in [0.1, 0.15) is 0 Å². The molecule has 19 heavy (non-hydrogen) atoms. The van der Waals surface area contributed by atoms with Crippen molar-refractivity contribution in [3.8, 4) is 0 Å². The van der Waals surface area contributed by atoms with Gasteiger partial charge < -0.3 is 4.98 Å². The summed E-state index contributed by atoms with van der Waals surface area (Å²) in [4.78, 5) is 2.49. The Morgan fingerprint density at radius 2 is 1.89 bits per heavy atom. The molecule has 0 spiro atoms. The van der Waals surface area contributed by atoms with Crippen LogP contribution < -0.4 is 0 Å². The Balaban J connectivity index is 2.52. The molecule has 1 heterocycles. The first-order chi connectivity index (χ1) is 8.68. The Bertz CT molecular complexity index is 642. The summed E-state index contributed by atoms with van der Waals surface area (Å²) in [6.07, 6.45) is -3.17. The topological polar surface area (TPSA) is 42.1 Å². The lowest BCUT2D eigenvalue weighted by molar-refractivity contribution is -0.0418. The molecular weight excluding hydrogens is 345 g/mol. The van der Waals surface area contributed by atoms with Gasteiger partial charge >= 0.3 is 22.8 Å². The average Bonchev–Trinajstić information content (AvgIpc) is 2.66. The van der Waals surface area contributed by atoms with Crippen molar-refractivity contribution in [1.29, 1.82) is 0 Å². The highest BCUT2D eigenvalue weighted by atomic mass is 35.9. The molecular formula is C9H6Cl2F3NO2PS+. The molecule has 0 fully saturated rings. The standard InChI is InChI=1S/C9H6Cl2F3NO2PS/c10-18(11,16)17-19(9(12,13)14)8-5-15-7-4-2-1-3-6(7)8/h1-5,15H/q+1. The number of aromatic nitrogens is 1. The normalized spacial score (nSPS) is 14.8. The quantitative estimate of drug-likeness (QED) is 0.611. The van der Waals surface area contributed by atoms with Crippen molar-refractivity contribution in [3.63, 3.8) is 0 Å². The van der Waals surface area contributed by atoms with Gasteiger partial charge in [-0.1, -0.05) is 16.1 Å². The van der Waals surface area contributed by atoms with E-state index in [1.54, 1.807) is 18.2 Å². The van der Waals surface area contributed by atoms with Crippen molar-refractivity contribution in [1.82, 2.24) is 4.98 Å². The van der Waals surface area contributed by atoms with Crippen molar-refractivity contribution in [2.24, 2.45) is 0 Å². The highest BCUT2D eigenvalue weighted by molar-refractivity contribution is 8.12. The van der Waals surface area contributed by atoms with Crippen LogP contribution in [-0.2, 0) is 19.7 Å². The van der Waals surface area contributed by atoms with E-state index in [-0.39, 0.29) is 4.90 Å². The van der Waals surface area contributed by atoms with Crippen molar-refractivity contribution in [2.45, 2.75) is 10.4 Å². The number of H-pyrrole nitrogens is 1. The zero-order valence-corrected chi connectivity index (χ0v) is 12.2. The van der Waals surface area contributed by atoms with Gasteiger partial charge in [0, 0.05) is 0 Å². The number of alkyl halides is 3. The number of hydrogen-bond acceptors (Lipinski definition) is 2. The average molecular weight is 351 g/mol. The molecule has 0 aliphatic rings. The lowest BCUT2D eigenvalue weighted by Gasteiger charge is -2.07. The van der Waals surface area contributed by atoms with Gasteiger partial charge in [-0.3, -0.25) is 4.57 Å². The minimum absolute atomic E-state index is 0.190. The number of aromatic amines is 1. The maximum Gasteiger partial charge on any atom is 0.614 e. The Morgan fingerprint density at radius 3 is 2.47 bits per heavy atom. The van der Waals surface area contributed by atoms with Gasteiger partial charge in [-0.15, -0.1) is 13.2 Å². The summed E-state index contributed by atoms with van der Waals surface area (Å²) < 4.78 is 54.4. The molecule has 0 aliphatic heterocycles. The maximum atomic E-state index is 13.0. The molecule has 0 bridgehead atoms. The molecule has 2 rings (SSSR count). The van der Waals surface area contributed by atoms with Crippen LogP contribution in [0, 0.1) is 0 Å². The first-order valence-electron chi connectivity index (χ1n) is 4.75. The van der Waals surface area contributed by atoms with E-state index in [1.165, 1.54) is 6.07 Å². The first kappa shape index (κ1) is 15.1. The van der Waals surface area contributed by atoms with Crippen molar-refractivity contribution in [3.05, 3.63) is 30.5 Å². The van der Waals surface area contributed by atoms with Crippen LogP contribution in [0.2, 0.25) is 0 Å². The Morgan fingerprint density at radius 1 is 1.26 bits per heavy atom. The molecule has 1 atom stereocenters. The van der Waals surface area contributed by atoms with Gasteiger partial charge in [-0.05, 0) is 34.6 Å². The molecule has 1 aromatic heterocycles. The van der Waals surface area contributed by atoms with Crippen molar-refractivity contribution < 1.29 is 21.7 Å². The van der Waals surface area contributed by atoms with Crippen molar-refractivity contribution in [2.75, 3.05) is 0 Å². The van der Waals surface area contributed by atoms with E-state index in [4.69, 9.17) is 22.5 Å². The predicted molar refractivity (Wildman–Crippen MR) is 70.4 cm³/mol. The van der Waals surface area contributed by atoms with Gasteiger partial charge in [-0.2, -0.15) is 0 Å². The first-order valence-corrected chi connectivity index (χ1v) is 9.33. The van der Waals surface area contributed by atoms with E-state index < -0.39 is 22.8 Å². The second-order valence-corrected chi connectivity index (χ2v) is 9.46. The fourth-order valence-electron chi connectivity index (χ4n) is 1.49. The SMILES string of the molecule is O=P(Cl)(Cl)O[S+](c1c[nH]c2ccccc12)C(F)(F)F. The van der Waals surface area contributed by atoms with E-state index in [1.807, 2.05) is 0 Å². The third kappa shape index (κ3) is 3.61. The van der Waals surface area contributed by atoms with Crippen LogP contribution in [0.5, 0.6) is 0 Å². The number of hydrogen-bond donors (Lipinski definition) is 1. The molecule has 1 aromatic carbocycles. The zero-order chi connectivity index (χ0) is 14.3. The molecule has 0 amide bonds. The largest absolute Gasteiger partial charge is 0.614 e. The Labute approximate surface area is 118 Å². The summed E-state index contributed by atoms with van der Waals surface area (Å²) in [5, 5.41) is 0.310. The van der Waals surface area contributed by atoms with Crippen LogP contribution in [-0.4, -0.2) is 10.5 Å². The van der Waals surface area contributed by atoms with Crippen LogP contribution in [0.25, 0.3) is 10.9 Å². The van der Waals surface area contributed by atoms with E-state index in [0.29, 0.717) is 10.9 Å². The van der Waals surface area contributed by atoms with Gasteiger partial charge in [0.2, 0.25) is 4.90 Å². The second kappa shape index (κ2) is 5.22. The van der Waals surface area contributed by atoms with Crippen LogP contribution in [0.1, 0.15) is 0 Å². The molecule has 3 nitrogen and oxygen atoms in total. The molecule has 0 aliphatic carbocycles. The highest BCUT2D eigenvalue weighted by Crippen LogP contribution is 2.61. The third-order valence-corrected chi connectivity index (χ3v) is 5.58. The number of halogens is 5. The molecule has 0 saturated heterocycles. The molecule has 2 aromatic rings. The lowest BCUT2D eigenvalue weighted by Crippen LogP contribution is -2.24. The van der Waals surface area contributed by atoms with E-state index in [0.717, 1.165) is 6.20 Å². The van der Waals surface area contributed by atoms with Crippen LogP contribution in [0.15, 0.2) is 35.4 Å². The van der Waals surface area contributed by atoms with Gasteiger partial charge in [0.05, 0.1) is 17.1 Å². The number of fused-ring (bicyclic) bond motifs is 1. The predicted octanol–water partition coefficient (Wildman–Crippen LogP) is 5.18. The number of benzene rings is 1. The van der Waals surface area contributed by atoms with E-state index in [2.05, 4.69) is 8.95 Å². The minimum atomic E-state index is -4.76. The van der Waals surface area contributed by atoms with Crippen LogP contribution in [0.3, 0.4) is 0 Å². The van der Waals surface area contributed by atoms with E-state index >= 15 is 0 Å². The highest BCUT2D eigenvalue weighted by Gasteiger charge is 2.60. The fourth-order valence-corrected chi connectivity index (χ4v) is 4.65. The third-order valence-electron chi connectivity index (χ3n) is 2.12. The summed E-state index contributed by atoms with van der Waals surface area (Å²) >= 11 is 7.42. The van der Waals surface area contributed by atoms with Crippen LogP contribution >= 0.6 is 28.6 Å².